The van der Waals surface area contributed by atoms with Gasteiger partial charge < -0.3 is 5.73 Å². The van der Waals surface area contributed by atoms with Crippen LogP contribution in [0.2, 0.25) is 4.34 Å². The van der Waals surface area contributed by atoms with Crippen LogP contribution in [0, 0.1) is 0 Å². The van der Waals surface area contributed by atoms with E-state index in [-0.39, 0.29) is 0 Å². The van der Waals surface area contributed by atoms with Gasteiger partial charge in [0.1, 0.15) is 9.34 Å². The average molecular weight is 232 g/mol. The summed E-state index contributed by atoms with van der Waals surface area (Å²) in [6.07, 6.45) is 4.19. The molecule has 0 aliphatic carbocycles. The number of nitrogens with zero attached hydrogens (tertiary/aromatic N) is 2. The maximum Gasteiger partial charge on any atom is 0.113 e. The Balaban J connectivity index is 1.96. The molecule has 2 rings (SSSR count). The first-order valence-corrected chi connectivity index (χ1v) is 6.03. The number of hydrogen-bond acceptors (Lipinski definition) is 4. The standard InChI is InChI=1S/C9H14ClN3S/c10-8-5-12-9(14-8)6-13-3-1-2-7(13)4-11/h5,7H,1-4,6,11H2. The lowest BCUT2D eigenvalue weighted by atomic mass is 10.2. The Labute approximate surface area is 92.9 Å². The molecular formula is C9H14ClN3S. The van der Waals surface area contributed by atoms with Crippen molar-refractivity contribution in [3.05, 3.63) is 15.5 Å². The first kappa shape index (κ1) is 10.4. The quantitative estimate of drug-likeness (QED) is 0.862. The Morgan fingerprint density at radius 2 is 2.57 bits per heavy atom. The van der Waals surface area contributed by atoms with Crippen LogP contribution in [0.1, 0.15) is 17.8 Å². The summed E-state index contributed by atoms with van der Waals surface area (Å²) in [5, 5.41) is 1.09. The molecule has 1 fully saturated rings. The second-order valence-corrected chi connectivity index (χ2v) is 5.31. The Hall–Kier alpha value is -0.160. The van der Waals surface area contributed by atoms with E-state index < -0.39 is 0 Å². The lowest BCUT2D eigenvalue weighted by molar-refractivity contribution is 0.250. The number of hydrogen-bond donors (Lipinski definition) is 1. The average Bonchev–Trinajstić information content (AvgIpc) is 2.76. The largest absolute Gasteiger partial charge is 0.329 e. The number of nitrogens with two attached hydrogens (primary N) is 1. The second kappa shape index (κ2) is 4.57. The molecule has 14 heavy (non-hydrogen) atoms. The van der Waals surface area contributed by atoms with Crippen molar-refractivity contribution in [1.82, 2.24) is 9.88 Å². The van der Waals surface area contributed by atoms with Gasteiger partial charge >= 0.3 is 0 Å². The third kappa shape index (κ3) is 2.25. The van der Waals surface area contributed by atoms with Crippen molar-refractivity contribution in [2.45, 2.75) is 25.4 Å². The fourth-order valence-corrected chi connectivity index (χ4v) is 2.89. The predicted molar refractivity (Wildman–Crippen MR) is 59.6 cm³/mol. The number of thiazole rings is 1. The highest BCUT2D eigenvalue weighted by Gasteiger charge is 2.23. The molecule has 1 unspecified atom stereocenters. The van der Waals surface area contributed by atoms with Crippen LogP contribution < -0.4 is 5.73 Å². The second-order valence-electron chi connectivity index (χ2n) is 3.56. The minimum absolute atomic E-state index is 0.540. The van der Waals surface area contributed by atoms with Crippen molar-refractivity contribution < 1.29 is 0 Å². The maximum atomic E-state index is 5.83. The summed E-state index contributed by atoms with van der Waals surface area (Å²) in [5.74, 6) is 0. The van der Waals surface area contributed by atoms with Gasteiger partial charge in [-0.25, -0.2) is 4.98 Å². The van der Waals surface area contributed by atoms with Gasteiger partial charge in [-0.15, -0.1) is 11.3 Å². The van der Waals surface area contributed by atoms with Crippen molar-refractivity contribution in [1.29, 1.82) is 0 Å². The monoisotopic (exact) mass is 231 g/mol. The highest BCUT2D eigenvalue weighted by molar-refractivity contribution is 7.15. The fraction of sp³-hybridized carbons (Fsp3) is 0.667. The van der Waals surface area contributed by atoms with Crippen LogP contribution in [0.5, 0.6) is 0 Å². The van der Waals surface area contributed by atoms with Crippen molar-refractivity contribution in [2.24, 2.45) is 5.73 Å². The predicted octanol–water partition coefficient (Wildman–Crippen LogP) is 1.72. The number of aromatic nitrogens is 1. The molecule has 3 nitrogen and oxygen atoms in total. The van der Waals surface area contributed by atoms with Gasteiger partial charge in [0, 0.05) is 12.6 Å². The van der Waals surface area contributed by atoms with Crippen molar-refractivity contribution >= 4 is 22.9 Å². The molecule has 0 spiro atoms. The molecule has 78 valence electrons. The van der Waals surface area contributed by atoms with Crippen molar-refractivity contribution in [3.8, 4) is 0 Å². The van der Waals surface area contributed by atoms with Crippen LogP contribution in [0.3, 0.4) is 0 Å². The number of likely N-dealkylation sites (tertiary alicyclic amines) is 1. The van der Waals surface area contributed by atoms with Crippen LogP contribution in [0.25, 0.3) is 0 Å². The molecule has 5 heteroatoms. The van der Waals surface area contributed by atoms with E-state index in [2.05, 4.69) is 9.88 Å². The molecule has 0 aromatic carbocycles. The van der Waals surface area contributed by atoms with E-state index in [9.17, 15) is 0 Å². The Bertz CT molecular complexity index is 302. The third-order valence-corrected chi connectivity index (χ3v) is 3.73. The van der Waals surface area contributed by atoms with Crippen LogP contribution in [0.15, 0.2) is 6.20 Å². The highest BCUT2D eigenvalue weighted by Crippen LogP contribution is 2.23. The van der Waals surface area contributed by atoms with Gasteiger partial charge in [0.15, 0.2) is 0 Å². The lowest BCUT2D eigenvalue weighted by Crippen LogP contribution is -2.34. The highest BCUT2D eigenvalue weighted by atomic mass is 35.5. The van der Waals surface area contributed by atoms with Gasteiger partial charge in [-0.2, -0.15) is 0 Å². The smallest absolute Gasteiger partial charge is 0.113 e. The Morgan fingerprint density at radius 1 is 1.71 bits per heavy atom. The summed E-state index contributed by atoms with van der Waals surface area (Å²) in [5.41, 5.74) is 5.70. The van der Waals surface area contributed by atoms with E-state index in [0.717, 1.165) is 29.0 Å². The number of rotatable bonds is 3. The van der Waals surface area contributed by atoms with E-state index in [0.29, 0.717) is 6.04 Å². The van der Waals surface area contributed by atoms with Gasteiger partial charge in [0.05, 0.1) is 12.7 Å². The molecule has 1 atom stereocenters. The van der Waals surface area contributed by atoms with E-state index in [1.165, 1.54) is 12.8 Å². The Morgan fingerprint density at radius 3 is 3.21 bits per heavy atom. The molecular weight excluding hydrogens is 218 g/mol. The van der Waals surface area contributed by atoms with E-state index in [4.69, 9.17) is 17.3 Å². The molecule has 1 saturated heterocycles. The summed E-state index contributed by atoms with van der Waals surface area (Å²) in [6, 6.07) is 0.540. The van der Waals surface area contributed by atoms with Crippen molar-refractivity contribution in [2.75, 3.05) is 13.1 Å². The van der Waals surface area contributed by atoms with Crippen LogP contribution >= 0.6 is 22.9 Å². The Kier molecular flexibility index (Phi) is 3.38. The van der Waals surface area contributed by atoms with Crippen LogP contribution in [-0.4, -0.2) is 29.0 Å². The third-order valence-electron chi connectivity index (χ3n) is 2.63. The molecule has 1 aromatic rings. The van der Waals surface area contributed by atoms with Gasteiger partial charge in [-0.05, 0) is 19.4 Å². The zero-order valence-corrected chi connectivity index (χ0v) is 9.52. The minimum Gasteiger partial charge on any atom is -0.329 e. The van der Waals surface area contributed by atoms with Crippen LogP contribution in [0.4, 0.5) is 0 Å². The van der Waals surface area contributed by atoms with E-state index in [1.54, 1.807) is 17.5 Å². The zero-order valence-electron chi connectivity index (χ0n) is 7.95. The molecule has 1 aliphatic heterocycles. The van der Waals surface area contributed by atoms with Crippen LogP contribution in [-0.2, 0) is 6.54 Å². The fourth-order valence-electron chi connectivity index (χ4n) is 1.91. The minimum atomic E-state index is 0.540. The van der Waals surface area contributed by atoms with Crippen molar-refractivity contribution in [3.63, 3.8) is 0 Å². The van der Waals surface area contributed by atoms with E-state index in [1.807, 2.05) is 0 Å². The molecule has 1 aliphatic rings. The molecule has 0 radical (unpaired) electrons. The molecule has 0 amide bonds. The summed E-state index contributed by atoms with van der Waals surface area (Å²) >= 11 is 7.39. The zero-order chi connectivity index (χ0) is 9.97. The molecule has 0 bridgehead atoms. The normalized spacial score (nSPS) is 23.1. The SMILES string of the molecule is NCC1CCCN1Cc1ncc(Cl)s1. The first-order valence-electron chi connectivity index (χ1n) is 4.84. The van der Waals surface area contributed by atoms with Gasteiger partial charge in [-0.1, -0.05) is 11.6 Å². The summed E-state index contributed by atoms with van der Waals surface area (Å²) in [6.45, 7) is 2.79. The summed E-state index contributed by atoms with van der Waals surface area (Å²) < 4.78 is 0.767. The summed E-state index contributed by atoms with van der Waals surface area (Å²) in [7, 11) is 0. The first-order chi connectivity index (χ1) is 6.79. The topological polar surface area (TPSA) is 42.1 Å². The number of halogens is 1. The van der Waals surface area contributed by atoms with Gasteiger partial charge in [-0.3, -0.25) is 4.90 Å². The lowest BCUT2D eigenvalue weighted by Gasteiger charge is -2.21. The molecule has 2 heterocycles. The molecule has 2 N–H and O–H groups in total. The summed E-state index contributed by atoms with van der Waals surface area (Å²) in [4.78, 5) is 6.65. The molecule has 1 aromatic heterocycles. The van der Waals surface area contributed by atoms with Gasteiger partial charge in [0.25, 0.3) is 0 Å². The maximum absolute atomic E-state index is 5.83. The van der Waals surface area contributed by atoms with Gasteiger partial charge in [0.2, 0.25) is 0 Å². The molecule has 0 saturated carbocycles. The van der Waals surface area contributed by atoms with E-state index >= 15 is 0 Å².